The predicted octanol–water partition coefficient (Wildman–Crippen LogP) is 4.36. The van der Waals surface area contributed by atoms with E-state index in [4.69, 9.17) is 16.3 Å². The van der Waals surface area contributed by atoms with E-state index in [2.05, 4.69) is 25.8 Å². The minimum absolute atomic E-state index is 0.0115. The van der Waals surface area contributed by atoms with Crippen LogP contribution in [0.3, 0.4) is 0 Å². The SMILES string of the molecule is COC(=O)C1=C(C)N=c2sc(=Cc3ccc(Cl)cc3)c(=O)n2C1c1ccc(C(C)(C)C)cc1. The summed E-state index contributed by atoms with van der Waals surface area (Å²) in [5.41, 5.74) is 3.56. The van der Waals surface area contributed by atoms with E-state index in [9.17, 15) is 9.59 Å². The molecule has 4 rings (SSSR count). The largest absolute Gasteiger partial charge is 0.466 e. The van der Waals surface area contributed by atoms with Gasteiger partial charge in [-0.25, -0.2) is 9.79 Å². The van der Waals surface area contributed by atoms with Crippen molar-refractivity contribution >= 4 is 35.0 Å². The third-order valence-electron chi connectivity index (χ3n) is 5.69. The summed E-state index contributed by atoms with van der Waals surface area (Å²) in [6.07, 6.45) is 1.82. The second-order valence-electron chi connectivity index (χ2n) is 9.00. The molecule has 1 aliphatic rings. The van der Waals surface area contributed by atoms with E-state index in [0.29, 0.717) is 25.6 Å². The number of allylic oxidation sites excluding steroid dienone is 1. The average Bonchev–Trinajstić information content (AvgIpc) is 3.08. The zero-order valence-corrected chi connectivity index (χ0v) is 20.8. The summed E-state index contributed by atoms with van der Waals surface area (Å²) in [4.78, 5) is 31.4. The van der Waals surface area contributed by atoms with Crippen molar-refractivity contribution in [3.63, 3.8) is 0 Å². The van der Waals surface area contributed by atoms with Gasteiger partial charge in [0.05, 0.1) is 29.0 Å². The fourth-order valence-corrected chi connectivity index (χ4v) is 5.06. The van der Waals surface area contributed by atoms with Crippen molar-refractivity contribution in [2.45, 2.75) is 39.2 Å². The summed E-state index contributed by atoms with van der Waals surface area (Å²) in [6, 6.07) is 14.7. The zero-order valence-electron chi connectivity index (χ0n) is 19.2. The molecule has 0 radical (unpaired) electrons. The molecule has 3 aromatic rings. The highest BCUT2D eigenvalue weighted by molar-refractivity contribution is 7.07. The lowest BCUT2D eigenvalue weighted by molar-refractivity contribution is -0.136. The molecule has 33 heavy (non-hydrogen) atoms. The first-order valence-electron chi connectivity index (χ1n) is 10.6. The summed E-state index contributed by atoms with van der Waals surface area (Å²) < 4.78 is 7.20. The molecule has 0 saturated carbocycles. The maximum absolute atomic E-state index is 13.5. The molecule has 1 aliphatic heterocycles. The first-order valence-corrected chi connectivity index (χ1v) is 11.8. The number of hydrogen-bond donors (Lipinski definition) is 0. The number of benzene rings is 2. The van der Waals surface area contributed by atoms with Crippen LogP contribution in [0.25, 0.3) is 6.08 Å². The monoisotopic (exact) mass is 480 g/mol. The van der Waals surface area contributed by atoms with Crippen LogP contribution < -0.4 is 14.9 Å². The molecule has 0 N–H and O–H groups in total. The quantitative estimate of drug-likeness (QED) is 0.523. The number of aromatic nitrogens is 1. The summed E-state index contributed by atoms with van der Waals surface area (Å²) in [5.74, 6) is -0.492. The van der Waals surface area contributed by atoms with Crippen molar-refractivity contribution < 1.29 is 9.53 Å². The Balaban J connectivity index is 1.93. The molecule has 2 heterocycles. The van der Waals surface area contributed by atoms with E-state index in [0.717, 1.165) is 11.1 Å². The smallest absolute Gasteiger partial charge is 0.338 e. The van der Waals surface area contributed by atoms with Crippen LogP contribution in [-0.2, 0) is 14.9 Å². The van der Waals surface area contributed by atoms with Crippen LogP contribution in [0.1, 0.15) is 50.4 Å². The fraction of sp³-hybridized carbons (Fsp3) is 0.269. The Hall–Kier alpha value is -2.96. The topological polar surface area (TPSA) is 60.7 Å². The number of methoxy groups -OCH3 is 1. The second-order valence-corrected chi connectivity index (χ2v) is 10.4. The van der Waals surface area contributed by atoms with Gasteiger partial charge in [-0.1, -0.05) is 80.1 Å². The molecule has 5 nitrogen and oxygen atoms in total. The molecule has 1 aromatic heterocycles. The Morgan fingerprint density at radius 1 is 1.12 bits per heavy atom. The molecule has 0 bridgehead atoms. The van der Waals surface area contributed by atoms with Crippen LogP contribution in [0.2, 0.25) is 5.02 Å². The number of halogens is 1. The van der Waals surface area contributed by atoms with Crippen LogP contribution in [0, 0.1) is 0 Å². The number of carbonyl (C=O) groups is 1. The Bertz CT molecular complexity index is 1420. The number of esters is 1. The lowest BCUT2D eigenvalue weighted by Gasteiger charge is -2.25. The highest BCUT2D eigenvalue weighted by Crippen LogP contribution is 2.32. The molecule has 0 amide bonds. The summed E-state index contributed by atoms with van der Waals surface area (Å²) in [5, 5.41) is 0.630. The molecule has 2 aromatic carbocycles. The Kier molecular flexibility index (Phi) is 6.16. The molecule has 1 unspecified atom stereocenters. The number of nitrogens with zero attached hydrogens (tertiary/aromatic N) is 2. The van der Waals surface area contributed by atoms with Crippen molar-refractivity contribution in [2.75, 3.05) is 7.11 Å². The van der Waals surface area contributed by atoms with Gasteiger partial charge in [-0.3, -0.25) is 9.36 Å². The van der Waals surface area contributed by atoms with E-state index in [1.807, 2.05) is 42.5 Å². The zero-order chi connectivity index (χ0) is 23.9. The van der Waals surface area contributed by atoms with Crippen molar-refractivity contribution in [3.05, 3.63) is 101 Å². The van der Waals surface area contributed by atoms with E-state index < -0.39 is 12.0 Å². The number of hydrogen-bond acceptors (Lipinski definition) is 5. The summed E-state index contributed by atoms with van der Waals surface area (Å²) in [7, 11) is 1.34. The molecule has 0 fully saturated rings. The van der Waals surface area contributed by atoms with Crippen molar-refractivity contribution in [2.24, 2.45) is 4.99 Å². The Labute approximate surface area is 201 Å². The molecule has 170 valence electrons. The van der Waals surface area contributed by atoms with Crippen molar-refractivity contribution in [1.29, 1.82) is 0 Å². The van der Waals surface area contributed by atoms with Gasteiger partial charge in [-0.05, 0) is 47.2 Å². The highest BCUT2D eigenvalue weighted by Gasteiger charge is 2.33. The van der Waals surface area contributed by atoms with Crippen LogP contribution >= 0.6 is 22.9 Å². The predicted molar refractivity (Wildman–Crippen MR) is 132 cm³/mol. The maximum Gasteiger partial charge on any atom is 0.338 e. The van der Waals surface area contributed by atoms with Gasteiger partial charge in [-0.2, -0.15) is 0 Å². The molecular formula is C26H25ClN2O3S. The van der Waals surface area contributed by atoms with Crippen molar-refractivity contribution in [1.82, 2.24) is 4.57 Å². The Morgan fingerprint density at radius 2 is 1.76 bits per heavy atom. The second kappa shape index (κ2) is 8.76. The van der Waals surface area contributed by atoms with Crippen LogP contribution in [0.15, 0.2) is 69.6 Å². The Morgan fingerprint density at radius 3 is 2.33 bits per heavy atom. The van der Waals surface area contributed by atoms with Gasteiger partial charge in [0.2, 0.25) is 0 Å². The number of fused-ring (bicyclic) bond motifs is 1. The maximum atomic E-state index is 13.5. The average molecular weight is 481 g/mol. The van der Waals surface area contributed by atoms with Gasteiger partial charge in [0.25, 0.3) is 5.56 Å². The first-order chi connectivity index (χ1) is 15.6. The van der Waals surface area contributed by atoms with Crippen molar-refractivity contribution in [3.8, 4) is 0 Å². The molecule has 7 heteroatoms. The minimum atomic E-state index is -0.616. The normalized spacial score (nSPS) is 16.4. The van der Waals surface area contributed by atoms with Gasteiger partial charge in [0.1, 0.15) is 0 Å². The van der Waals surface area contributed by atoms with Gasteiger partial charge >= 0.3 is 5.97 Å². The summed E-state index contributed by atoms with van der Waals surface area (Å²) in [6.45, 7) is 8.21. The van der Waals surface area contributed by atoms with Gasteiger partial charge < -0.3 is 4.74 Å². The number of carbonyl (C=O) groups excluding carboxylic acids is 1. The number of thiazole rings is 1. The van der Waals surface area contributed by atoms with Gasteiger partial charge in [0, 0.05) is 5.02 Å². The van der Waals surface area contributed by atoms with Crippen LogP contribution in [0.4, 0.5) is 0 Å². The number of rotatable bonds is 3. The van der Waals surface area contributed by atoms with E-state index >= 15 is 0 Å². The van der Waals surface area contributed by atoms with E-state index in [1.54, 1.807) is 23.6 Å². The molecule has 0 spiro atoms. The molecule has 1 atom stereocenters. The fourth-order valence-electron chi connectivity index (χ4n) is 3.88. The third kappa shape index (κ3) is 4.45. The van der Waals surface area contributed by atoms with E-state index in [-0.39, 0.29) is 11.0 Å². The van der Waals surface area contributed by atoms with Gasteiger partial charge in [-0.15, -0.1) is 0 Å². The molecule has 0 aliphatic carbocycles. The van der Waals surface area contributed by atoms with Crippen LogP contribution in [-0.4, -0.2) is 17.6 Å². The third-order valence-corrected chi connectivity index (χ3v) is 6.92. The number of ether oxygens (including phenoxy) is 1. The minimum Gasteiger partial charge on any atom is -0.466 e. The summed E-state index contributed by atoms with van der Waals surface area (Å²) >= 11 is 7.29. The molecule has 0 saturated heterocycles. The standard InChI is InChI=1S/C26H25ClN2O3S/c1-15-21(24(31)32-5)22(17-8-10-18(11-9-17)26(2,3)4)29-23(30)20(33-25(29)28-15)14-16-6-12-19(27)13-7-16/h6-14,22H,1-5H3. The lowest BCUT2D eigenvalue weighted by atomic mass is 9.85. The lowest BCUT2D eigenvalue weighted by Crippen LogP contribution is -2.39. The van der Waals surface area contributed by atoms with Gasteiger partial charge in [0.15, 0.2) is 4.80 Å². The van der Waals surface area contributed by atoms with Crippen LogP contribution in [0.5, 0.6) is 0 Å². The first kappa shape index (κ1) is 23.2. The highest BCUT2D eigenvalue weighted by atomic mass is 35.5. The molecular weight excluding hydrogens is 456 g/mol. The van der Waals surface area contributed by atoms with E-state index in [1.165, 1.54) is 24.0 Å².